The Hall–Kier alpha value is -2.25. The molecule has 0 bridgehead atoms. The number of pyridine rings is 1. The maximum Gasteiger partial charge on any atom is 0.253 e. The van der Waals surface area contributed by atoms with Gasteiger partial charge in [0.2, 0.25) is 10.0 Å². The zero-order valence-electron chi connectivity index (χ0n) is 15.7. The van der Waals surface area contributed by atoms with E-state index < -0.39 is 10.0 Å². The van der Waals surface area contributed by atoms with Crippen molar-refractivity contribution >= 4 is 15.9 Å². The van der Waals surface area contributed by atoms with Crippen LogP contribution >= 0.6 is 0 Å². The summed E-state index contributed by atoms with van der Waals surface area (Å²) in [6, 6.07) is 10.0. The van der Waals surface area contributed by atoms with E-state index in [0.29, 0.717) is 18.7 Å². The lowest BCUT2D eigenvalue weighted by atomic mass is 10.1. The van der Waals surface area contributed by atoms with Gasteiger partial charge < -0.3 is 4.90 Å². The van der Waals surface area contributed by atoms with Gasteiger partial charge in [0.25, 0.3) is 5.91 Å². The summed E-state index contributed by atoms with van der Waals surface area (Å²) in [5.41, 5.74) is 1.28. The average molecular weight is 388 g/mol. The Kier molecular flexibility index (Phi) is 5.92. The Morgan fingerprint density at radius 2 is 2.07 bits per heavy atom. The number of carbonyl (C=O) groups is 1. The van der Waals surface area contributed by atoms with E-state index in [-0.39, 0.29) is 16.8 Å². The van der Waals surface area contributed by atoms with Gasteiger partial charge in [-0.05, 0) is 49.6 Å². The molecule has 0 aliphatic carbocycles. The third-order valence-electron chi connectivity index (χ3n) is 4.92. The van der Waals surface area contributed by atoms with Crippen LogP contribution in [0.3, 0.4) is 0 Å². The van der Waals surface area contributed by atoms with E-state index >= 15 is 0 Å². The Morgan fingerprint density at radius 3 is 2.78 bits per heavy atom. The molecule has 0 N–H and O–H groups in total. The third-order valence-corrected chi connectivity index (χ3v) is 6.93. The Bertz CT molecular complexity index is 900. The van der Waals surface area contributed by atoms with Crippen molar-refractivity contribution in [2.75, 3.05) is 13.6 Å². The number of sulfonamides is 1. The van der Waals surface area contributed by atoms with Crippen molar-refractivity contribution in [3.8, 4) is 0 Å². The predicted molar refractivity (Wildman–Crippen MR) is 104 cm³/mol. The lowest BCUT2D eigenvalue weighted by Gasteiger charge is -2.32. The molecule has 0 spiro atoms. The SMILES string of the molecule is CC1CCCCN1S(=O)(=O)c1cccc(C(=O)N(C)Cc2cccnc2)c1. The van der Waals surface area contributed by atoms with Crippen LogP contribution in [0.15, 0.2) is 53.7 Å². The van der Waals surface area contributed by atoms with Crippen molar-refractivity contribution in [3.05, 3.63) is 59.9 Å². The highest BCUT2D eigenvalue weighted by Crippen LogP contribution is 2.25. The zero-order valence-corrected chi connectivity index (χ0v) is 16.5. The van der Waals surface area contributed by atoms with E-state index in [4.69, 9.17) is 0 Å². The number of piperidine rings is 1. The smallest absolute Gasteiger partial charge is 0.253 e. The molecule has 1 aromatic carbocycles. The molecule has 27 heavy (non-hydrogen) atoms. The monoisotopic (exact) mass is 387 g/mol. The van der Waals surface area contributed by atoms with Gasteiger partial charge in [0, 0.05) is 44.1 Å². The second kappa shape index (κ2) is 8.19. The van der Waals surface area contributed by atoms with E-state index in [1.165, 1.54) is 6.07 Å². The van der Waals surface area contributed by atoms with Crippen LogP contribution < -0.4 is 0 Å². The highest BCUT2D eigenvalue weighted by atomic mass is 32.2. The number of carbonyl (C=O) groups excluding carboxylic acids is 1. The molecule has 7 heteroatoms. The Morgan fingerprint density at radius 1 is 1.26 bits per heavy atom. The number of nitrogens with zero attached hydrogens (tertiary/aromatic N) is 3. The molecule has 1 fully saturated rings. The minimum atomic E-state index is -3.60. The fourth-order valence-corrected chi connectivity index (χ4v) is 5.16. The quantitative estimate of drug-likeness (QED) is 0.791. The molecule has 1 aliphatic rings. The summed E-state index contributed by atoms with van der Waals surface area (Å²) in [6.07, 6.45) is 6.18. The van der Waals surface area contributed by atoms with Crippen molar-refractivity contribution < 1.29 is 13.2 Å². The Balaban J connectivity index is 1.81. The first-order valence-corrected chi connectivity index (χ1v) is 10.6. The van der Waals surface area contributed by atoms with E-state index in [1.807, 2.05) is 19.1 Å². The summed E-state index contributed by atoms with van der Waals surface area (Å²) < 4.78 is 27.6. The number of hydrogen-bond donors (Lipinski definition) is 0. The van der Waals surface area contributed by atoms with Crippen LogP contribution in [0.4, 0.5) is 0 Å². The van der Waals surface area contributed by atoms with Gasteiger partial charge in [0.05, 0.1) is 4.90 Å². The summed E-state index contributed by atoms with van der Waals surface area (Å²) in [5, 5.41) is 0. The van der Waals surface area contributed by atoms with Crippen LogP contribution in [0.1, 0.15) is 42.1 Å². The van der Waals surface area contributed by atoms with Crippen molar-refractivity contribution in [3.63, 3.8) is 0 Å². The number of hydrogen-bond acceptors (Lipinski definition) is 4. The molecule has 0 radical (unpaired) electrons. The zero-order chi connectivity index (χ0) is 19.4. The molecular weight excluding hydrogens is 362 g/mol. The van der Waals surface area contributed by atoms with Crippen LogP contribution in [0.2, 0.25) is 0 Å². The first-order chi connectivity index (χ1) is 12.9. The Labute approximate surface area is 160 Å². The molecule has 1 aliphatic heterocycles. The highest BCUT2D eigenvalue weighted by Gasteiger charge is 2.31. The van der Waals surface area contributed by atoms with Crippen LogP contribution in [-0.2, 0) is 16.6 Å². The van der Waals surface area contributed by atoms with Crippen molar-refractivity contribution in [1.29, 1.82) is 0 Å². The fraction of sp³-hybridized carbons (Fsp3) is 0.400. The second-order valence-electron chi connectivity index (χ2n) is 7.01. The van der Waals surface area contributed by atoms with Gasteiger partial charge in [-0.25, -0.2) is 8.42 Å². The largest absolute Gasteiger partial charge is 0.337 e. The number of benzene rings is 1. The van der Waals surface area contributed by atoms with Crippen LogP contribution in [-0.4, -0.2) is 48.1 Å². The molecule has 1 atom stereocenters. The van der Waals surface area contributed by atoms with Gasteiger partial charge in [-0.15, -0.1) is 0 Å². The molecule has 1 unspecified atom stereocenters. The molecule has 6 nitrogen and oxygen atoms in total. The van der Waals surface area contributed by atoms with Crippen LogP contribution in [0, 0.1) is 0 Å². The van der Waals surface area contributed by atoms with Gasteiger partial charge in [0.1, 0.15) is 0 Å². The third kappa shape index (κ3) is 4.36. The summed E-state index contributed by atoms with van der Waals surface area (Å²) in [7, 11) is -1.90. The van der Waals surface area contributed by atoms with E-state index in [0.717, 1.165) is 24.8 Å². The number of aromatic nitrogens is 1. The first-order valence-electron chi connectivity index (χ1n) is 9.16. The average Bonchev–Trinajstić information content (AvgIpc) is 2.68. The first kappa shape index (κ1) is 19.5. The van der Waals surface area contributed by atoms with Gasteiger partial charge in [0.15, 0.2) is 0 Å². The minimum Gasteiger partial charge on any atom is -0.337 e. The van der Waals surface area contributed by atoms with Crippen molar-refractivity contribution in [1.82, 2.24) is 14.2 Å². The second-order valence-corrected chi connectivity index (χ2v) is 8.90. The molecular formula is C20H25N3O3S. The lowest BCUT2D eigenvalue weighted by molar-refractivity contribution is 0.0784. The minimum absolute atomic E-state index is 0.0173. The lowest BCUT2D eigenvalue weighted by Crippen LogP contribution is -2.42. The molecule has 1 saturated heterocycles. The van der Waals surface area contributed by atoms with Crippen molar-refractivity contribution in [2.45, 2.75) is 43.7 Å². The number of rotatable bonds is 5. The van der Waals surface area contributed by atoms with Gasteiger partial charge in [-0.1, -0.05) is 18.6 Å². The highest BCUT2D eigenvalue weighted by molar-refractivity contribution is 7.89. The van der Waals surface area contributed by atoms with Crippen molar-refractivity contribution in [2.24, 2.45) is 0 Å². The normalized spacial score (nSPS) is 18.2. The summed E-state index contributed by atoms with van der Waals surface area (Å²) in [5.74, 6) is -0.220. The molecule has 2 heterocycles. The fourth-order valence-electron chi connectivity index (χ4n) is 3.41. The maximum atomic E-state index is 13.0. The van der Waals surface area contributed by atoms with Crippen LogP contribution in [0.5, 0.6) is 0 Å². The molecule has 144 valence electrons. The molecule has 0 saturated carbocycles. The molecule has 3 rings (SSSR count). The van der Waals surface area contributed by atoms with E-state index in [9.17, 15) is 13.2 Å². The summed E-state index contributed by atoms with van der Waals surface area (Å²) in [6.45, 7) is 2.88. The molecule has 1 aromatic heterocycles. The van der Waals surface area contributed by atoms with Gasteiger partial charge >= 0.3 is 0 Å². The molecule has 2 aromatic rings. The van der Waals surface area contributed by atoms with E-state index in [1.54, 1.807) is 46.8 Å². The maximum absolute atomic E-state index is 13.0. The molecule has 1 amide bonds. The van der Waals surface area contributed by atoms with Gasteiger partial charge in [-0.3, -0.25) is 9.78 Å². The summed E-state index contributed by atoms with van der Waals surface area (Å²) in [4.78, 5) is 18.6. The van der Waals surface area contributed by atoms with Gasteiger partial charge in [-0.2, -0.15) is 4.31 Å². The topological polar surface area (TPSA) is 70.6 Å². The summed E-state index contributed by atoms with van der Waals surface area (Å²) >= 11 is 0. The number of amides is 1. The van der Waals surface area contributed by atoms with E-state index in [2.05, 4.69) is 4.98 Å². The van der Waals surface area contributed by atoms with Crippen LogP contribution in [0.25, 0.3) is 0 Å². The predicted octanol–water partition coefficient (Wildman–Crippen LogP) is 2.92. The standard InChI is InChI=1S/C20H25N3O3S/c1-16-7-3-4-12-23(16)27(25,26)19-10-5-9-18(13-19)20(24)22(2)15-17-8-6-11-21-14-17/h5-6,8-11,13-14,16H,3-4,7,12,15H2,1-2H3.